The second-order valence-corrected chi connectivity index (χ2v) is 8.53. The molecule has 0 radical (unpaired) electrons. The fourth-order valence-electron chi connectivity index (χ4n) is 3.73. The van der Waals surface area contributed by atoms with E-state index in [9.17, 15) is 10.4 Å². The van der Waals surface area contributed by atoms with E-state index in [-0.39, 0.29) is 12.5 Å². The molecule has 3 nitrogen and oxygen atoms in total. The summed E-state index contributed by atoms with van der Waals surface area (Å²) < 4.78 is 0. The van der Waals surface area contributed by atoms with Crippen molar-refractivity contribution in [3.63, 3.8) is 0 Å². The van der Waals surface area contributed by atoms with E-state index in [2.05, 4.69) is 6.07 Å². The molecule has 0 unspecified atom stereocenters. The first-order chi connectivity index (χ1) is 14.4. The molecule has 0 fully saturated rings. The number of thiocarbonyl (C=S) groups is 1. The SMILES string of the molecule is Cc1c(C#N)cc2ccccc2c1C(=S)N(C)C[C@@H](CCO)c1ccc(Cl)c(Cl)c1. The normalized spacial score (nSPS) is 11.9. The number of hydrogen-bond acceptors (Lipinski definition) is 3. The summed E-state index contributed by atoms with van der Waals surface area (Å²) in [5.41, 5.74) is 3.40. The highest BCUT2D eigenvalue weighted by atomic mass is 35.5. The Morgan fingerprint density at radius 1 is 1.17 bits per heavy atom. The third kappa shape index (κ3) is 4.61. The number of likely N-dealkylation sites (N-methyl/N-ethyl adjacent to an activating group) is 1. The Balaban J connectivity index is 1.97. The minimum atomic E-state index is 0.0263. The van der Waals surface area contributed by atoms with Gasteiger partial charge in [0, 0.05) is 31.7 Å². The Hall–Kier alpha value is -2.16. The van der Waals surface area contributed by atoms with Crippen LogP contribution in [0.5, 0.6) is 0 Å². The largest absolute Gasteiger partial charge is 0.396 e. The molecule has 0 saturated carbocycles. The molecule has 0 aliphatic rings. The summed E-state index contributed by atoms with van der Waals surface area (Å²) in [6.07, 6.45) is 0.572. The number of nitriles is 1. The maximum Gasteiger partial charge on any atom is 0.109 e. The minimum Gasteiger partial charge on any atom is -0.396 e. The van der Waals surface area contributed by atoms with Gasteiger partial charge in [-0.25, -0.2) is 0 Å². The van der Waals surface area contributed by atoms with Crippen molar-refractivity contribution in [1.29, 1.82) is 5.26 Å². The molecule has 0 aromatic heterocycles. The Morgan fingerprint density at radius 3 is 2.57 bits per heavy atom. The minimum absolute atomic E-state index is 0.0263. The fourth-order valence-corrected chi connectivity index (χ4v) is 4.38. The molecular weight excluding hydrogens is 435 g/mol. The standard InChI is InChI=1S/C24H22Cl2N2OS/c1-15-19(13-27)11-17-5-3-4-6-20(17)23(15)24(30)28(2)14-18(9-10-29)16-7-8-21(25)22(26)12-16/h3-8,11-12,18,29H,9-10,14H2,1-2H3/t18-/m1/s1. The smallest absolute Gasteiger partial charge is 0.109 e. The van der Waals surface area contributed by atoms with Crippen molar-refractivity contribution < 1.29 is 5.11 Å². The zero-order valence-corrected chi connectivity index (χ0v) is 19.2. The van der Waals surface area contributed by atoms with Gasteiger partial charge in [-0.3, -0.25) is 0 Å². The highest BCUT2D eigenvalue weighted by Crippen LogP contribution is 2.31. The van der Waals surface area contributed by atoms with Gasteiger partial charge in [0.05, 0.1) is 21.7 Å². The maximum atomic E-state index is 9.60. The highest BCUT2D eigenvalue weighted by Gasteiger charge is 2.21. The van der Waals surface area contributed by atoms with Crippen LogP contribution in [0.25, 0.3) is 10.8 Å². The van der Waals surface area contributed by atoms with Crippen molar-refractivity contribution >= 4 is 51.2 Å². The summed E-state index contributed by atoms with van der Waals surface area (Å²) in [4.78, 5) is 2.68. The van der Waals surface area contributed by atoms with Crippen LogP contribution in [-0.2, 0) is 0 Å². The summed E-state index contributed by atoms with van der Waals surface area (Å²) in [5, 5.41) is 22.2. The molecule has 154 valence electrons. The van der Waals surface area contributed by atoms with Crippen LogP contribution in [0.4, 0.5) is 0 Å². The van der Waals surface area contributed by atoms with Gasteiger partial charge in [-0.1, -0.05) is 65.8 Å². The predicted molar refractivity (Wildman–Crippen MR) is 129 cm³/mol. The average molecular weight is 457 g/mol. The van der Waals surface area contributed by atoms with Gasteiger partial charge < -0.3 is 10.0 Å². The van der Waals surface area contributed by atoms with Crippen LogP contribution < -0.4 is 0 Å². The van der Waals surface area contributed by atoms with Crippen LogP contribution in [0.1, 0.15) is 34.6 Å². The molecule has 0 amide bonds. The van der Waals surface area contributed by atoms with E-state index in [1.54, 1.807) is 6.07 Å². The monoisotopic (exact) mass is 456 g/mol. The number of nitrogens with zero attached hydrogens (tertiary/aromatic N) is 2. The lowest BCUT2D eigenvalue weighted by molar-refractivity contribution is 0.266. The van der Waals surface area contributed by atoms with Crippen LogP contribution in [0.15, 0.2) is 48.5 Å². The lowest BCUT2D eigenvalue weighted by atomic mass is 9.93. The predicted octanol–water partition coefficient (Wildman–Crippen LogP) is 6.10. The van der Waals surface area contributed by atoms with E-state index >= 15 is 0 Å². The van der Waals surface area contributed by atoms with E-state index in [4.69, 9.17) is 35.4 Å². The van der Waals surface area contributed by atoms with Gasteiger partial charge in [0.2, 0.25) is 0 Å². The highest BCUT2D eigenvalue weighted by molar-refractivity contribution is 7.80. The number of aliphatic hydroxyl groups excluding tert-OH is 1. The molecule has 0 spiro atoms. The van der Waals surface area contributed by atoms with Crippen molar-refractivity contribution in [2.75, 3.05) is 20.2 Å². The summed E-state index contributed by atoms with van der Waals surface area (Å²) in [5.74, 6) is 0.0263. The number of hydrogen-bond donors (Lipinski definition) is 1. The topological polar surface area (TPSA) is 47.3 Å². The van der Waals surface area contributed by atoms with Gasteiger partial charge in [-0.15, -0.1) is 0 Å². The number of benzene rings is 3. The van der Waals surface area contributed by atoms with Gasteiger partial charge in [-0.2, -0.15) is 5.26 Å². The van der Waals surface area contributed by atoms with Crippen molar-refractivity contribution in [3.8, 4) is 6.07 Å². The van der Waals surface area contributed by atoms with Crippen molar-refractivity contribution in [3.05, 3.63) is 80.8 Å². The maximum absolute atomic E-state index is 9.60. The van der Waals surface area contributed by atoms with E-state index in [0.29, 0.717) is 33.6 Å². The zero-order valence-electron chi connectivity index (χ0n) is 16.8. The van der Waals surface area contributed by atoms with Gasteiger partial charge in [0.15, 0.2) is 0 Å². The average Bonchev–Trinajstić information content (AvgIpc) is 2.74. The number of fused-ring (bicyclic) bond motifs is 1. The first-order valence-electron chi connectivity index (χ1n) is 9.61. The lowest BCUT2D eigenvalue weighted by Gasteiger charge is -2.28. The number of aliphatic hydroxyl groups is 1. The number of rotatable bonds is 6. The molecule has 1 N–H and O–H groups in total. The molecular formula is C24H22Cl2N2OS. The number of halogens is 2. The second-order valence-electron chi connectivity index (χ2n) is 7.33. The summed E-state index contributed by atoms with van der Waals surface area (Å²) in [7, 11) is 1.94. The first kappa shape index (κ1) is 22.5. The molecule has 0 saturated heterocycles. The van der Waals surface area contributed by atoms with E-state index in [0.717, 1.165) is 27.5 Å². The Labute approximate surface area is 192 Å². The van der Waals surface area contributed by atoms with Crippen LogP contribution in [0.3, 0.4) is 0 Å². The molecule has 0 aliphatic heterocycles. The Morgan fingerprint density at radius 2 is 1.90 bits per heavy atom. The third-order valence-corrected chi connectivity index (χ3v) is 6.63. The molecule has 3 rings (SSSR count). The second kappa shape index (κ2) is 9.76. The molecule has 30 heavy (non-hydrogen) atoms. The van der Waals surface area contributed by atoms with E-state index in [1.165, 1.54) is 0 Å². The lowest BCUT2D eigenvalue weighted by Crippen LogP contribution is -2.31. The van der Waals surface area contributed by atoms with Crippen LogP contribution in [0.2, 0.25) is 10.0 Å². The molecule has 0 aliphatic carbocycles. The van der Waals surface area contributed by atoms with E-state index in [1.807, 2.05) is 61.3 Å². The molecule has 3 aromatic rings. The summed E-state index contributed by atoms with van der Waals surface area (Å²) >= 11 is 18.1. The third-order valence-electron chi connectivity index (χ3n) is 5.38. The Kier molecular flexibility index (Phi) is 7.33. The van der Waals surface area contributed by atoms with Gasteiger partial charge >= 0.3 is 0 Å². The summed E-state index contributed by atoms with van der Waals surface area (Å²) in [6, 6.07) is 17.7. The molecule has 3 aromatic carbocycles. The Bertz CT molecular complexity index is 1140. The van der Waals surface area contributed by atoms with Gasteiger partial charge in [-0.05, 0) is 53.4 Å². The van der Waals surface area contributed by atoms with Crippen molar-refractivity contribution in [1.82, 2.24) is 4.90 Å². The van der Waals surface area contributed by atoms with Crippen LogP contribution in [0, 0.1) is 18.3 Å². The molecule has 6 heteroatoms. The molecule has 0 bridgehead atoms. The van der Waals surface area contributed by atoms with Crippen LogP contribution in [-0.4, -0.2) is 35.2 Å². The van der Waals surface area contributed by atoms with Crippen molar-refractivity contribution in [2.24, 2.45) is 0 Å². The van der Waals surface area contributed by atoms with E-state index < -0.39 is 0 Å². The fraction of sp³-hybridized carbons (Fsp3) is 0.250. The molecule has 0 heterocycles. The first-order valence-corrected chi connectivity index (χ1v) is 10.8. The summed E-state index contributed by atoms with van der Waals surface area (Å²) in [6.45, 7) is 2.59. The van der Waals surface area contributed by atoms with Gasteiger partial charge in [0.25, 0.3) is 0 Å². The molecule has 1 atom stereocenters. The van der Waals surface area contributed by atoms with Gasteiger partial charge in [0.1, 0.15) is 4.99 Å². The zero-order chi connectivity index (χ0) is 21.8. The van der Waals surface area contributed by atoms with Crippen LogP contribution >= 0.6 is 35.4 Å². The van der Waals surface area contributed by atoms with Crippen molar-refractivity contribution in [2.45, 2.75) is 19.3 Å². The quantitative estimate of drug-likeness (QED) is 0.455.